The second kappa shape index (κ2) is 6.35. The first-order valence-corrected chi connectivity index (χ1v) is 5.49. The number of nitro benzene ring substituents is 1. The van der Waals surface area contributed by atoms with Gasteiger partial charge >= 0.3 is 0 Å². The molecule has 0 fully saturated rings. The molecule has 0 bridgehead atoms. The molecular formula is C12H13N3O3. The lowest BCUT2D eigenvalue weighted by Crippen LogP contribution is -2.29. The van der Waals surface area contributed by atoms with Crippen LogP contribution in [0.2, 0.25) is 0 Å². The van der Waals surface area contributed by atoms with E-state index in [9.17, 15) is 14.9 Å². The Hall–Kier alpha value is -2.42. The van der Waals surface area contributed by atoms with Crippen LogP contribution in [0.1, 0.15) is 18.9 Å². The van der Waals surface area contributed by atoms with Gasteiger partial charge in [0.05, 0.1) is 11.0 Å². The number of carbonyl (C=O) groups is 1. The van der Waals surface area contributed by atoms with Crippen molar-refractivity contribution < 1.29 is 9.72 Å². The zero-order valence-electron chi connectivity index (χ0n) is 9.92. The summed E-state index contributed by atoms with van der Waals surface area (Å²) in [7, 11) is 0. The highest BCUT2D eigenvalue weighted by atomic mass is 16.6. The zero-order valence-corrected chi connectivity index (χ0v) is 9.92. The van der Waals surface area contributed by atoms with Crippen molar-refractivity contribution >= 4 is 11.6 Å². The lowest BCUT2D eigenvalue weighted by Gasteiger charge is -2.08. The van der Waals surface area contributed by atoms with Gasteiger partial charge in [-0.2, -0.15) is 5.26 Å². The third kappa shape index (κ3) is 3.28. The van der Waals surface area contributed by atoms with E-state index in [0.29, 0.717) is 12.0 Å². The average Bonchev–Trinajstić information content (AvgIpc) is 2.38. The largest absolute Gasteiger partial charge is 0.351 e. The molecule has 1 amide bonds. The van der Waals surface area contributed by atoms with Gasteiger partial charge in [-0.1, -0.05) is 25.1 Å². The molecule has 0 saturated carbocycles. The fraction of sp³-hybridized carbons (Fsp3) is 0.333. The van der Waals surface area contributed by atoms with Gasteiger partial charge in [-0.05, 0) is 6.42 Å². The van der Waals surface area contributed by atoms with E-state index < -0.39 is 16.7 Å². The van der Waals surface area contributed by atoms with Gasteiger partial charge in [-0.15, -0.1) is 0 Å². The van der Waals surface area contributed by atoms with Gasteiger partial charge in [0, 0.05) is 18.2 Å². The standard InChI is InChI=1S/C12H13N3O3/c1-2-9(7-13)12(16)14-8-10-5-3-4-6-11(10)15(17)18/h3-6,9H,2,8H2,1H3,(H,14,16). The molecule has 0 aromatic heterocycles. The predicted octanol–water partition coefficient (Wildman–Crippen LogP) is 1.76. The predicted molar refractivity (Wildman–Crippen MR) is 64.3 cm³/mol. The Morgan fingerprint density at radius 1 is 1.56 bits per heavy atom. The first-order chi connectivity index (χ1) is 8.60. The Kier molecular flexibility index (Phi) is 4.81. The molecule has 94 valence electrons. The van der Waals surface area contributed by atoms with Crippen molar-refractivity contribution in [2.24, 2.45) is 5.92 Å². The highest BCUT2D eigenvalue weighted by Gasteiger charge is 2.17. The van der Waals surface area contributed by atoms with Gasteiger partial charge in [0.25, 0.3) is 5.69 Å². The zero-order chi connectivity index (χ0) is 13.5. The average molecular weight is 247 g/mol. The van der Waals surface area contributed by atoms with Crippen LogP contribution in [-0.4, -0.2) is 10.8 Å². The SMILES string of the molecule is CCC(C#N)C(=O)NCc1ccccc1[N+](=O)[O-]. The van der Waals surface area contributed by atoms with E-state index in [-0.39, 0.29) is 12.2 Å². The summed E-state index contributed by atoms with van der Waals surface area (Å²) in [6.45, 7) is 1.78. The van der Waals surface area contributed by atoms with Gasteiger partial charge in [-0.3, -0.25) is 14.9 Å². The van der Waals surface area contributed by atoms with E-state index in [0.717, 1.165) is 0 Å². The van der Waals surface area contributed by atoms with Crippen molar-refractivity contribution in [2.75, 3.05) is 0 Å². The molecule has 1 aromatic carbocycles. The van der Waals surface area contributed by atoms with Crippen LogP contribution >= 0.6 is 0 Å². The van der Waals surface area contributed by atoms with Gasteiger partial charge < -0.3 is 5.32 Å². The first kappa shape index (κ1) is 13.6. The second-order valence-electron chi connectivity index (χ2n) is 3.69. The van der Waals surface area contributed by atoms with Gasteiger partial charge in [0.2, 0.25) is 5.91 Å². The van der Waals surface area contributed by atoms with Gasteiger partial charge in [0.15, 0.2) is 0 Å². The van der Waals surface area contributed by atoms with Crippen LogP contribution in [0.4, 0.5) is 5.69 Å². The molecule has 0 saturated heterocycles. The summed E-state index contributed by atoms with van der Waals surface area (Å²) in [6, 6.07) is 8.06. The van der Waals surface area contributed by atoms with Crippen LogP contribution < -0.4 is 5.32 Å². The number of nitriles is 1. The van der Waals surface area contributed by atoms with Crippen LogP contribution in [0.5, 0.6) is 0 Å². The van der Waals surface area contributed by atoms with Crippen molar-refractivity contribution in [3.05, 3.63) is 39.9 Å². The van der Waals surface area contributed by atoms with Crippen molar-refractivity contribution in [2.45, 2.75) is 19.9 Å². The molecule has 0 heterocycles. The van der Waals surface area contributed by atoms with Crippen LogP contribution in [0, 0.1) is 27.4 Å². The Bertz CT molecular complexity index is 494. The normalized spacial score (nSPS) is 11.3. The first-order valence-electron chi connectivity index (χ1n) is 5.49. The maximum absolute atomic E-state index is 11.6. The maximum atomic E-state index is 11.6. The number of hydrogen-bond acceptors (Lipinski definition) is 4. The summed E-state index contributed by atoms with van der Waals surface area (Å²) in [4.78, 5) is 21.8. The fourth-order valence-electron chi connectivity index (χ4n) is 1.48. The van der Waals surface area contributed by atoms with Crippen molar-refractivity contribution in [1.29, 1.82) is 5.26 Å². The molecule has 0 spiro atoms. The van der Waals surface area contributed by atoms with Gasteiger partial charge in [0.1, 0.15) is 5.92 Å². The lowest BCUT2D eigenvalue weighted by molar-refractivity contribution is -0.385. The van der Waals surface area contributed by atoms with E-state index in [4.69, 9.17) is 5.26 Å². The minimum atomic E-state index is -0.715. The number of para-hydroxylation sites is 1. The van der Waals surface area contributed by atoms with E-state index in [1.807, 2.05) is 6.07 Å². The number of benzene rings is 1. The molecule has 0 aliphatic carbocycles. The molecular weight excluding hydrogens is 234 g/mol. The van der Waals surface area contributed by atoms with Crippen LogP contribution in [0.3, 0.4) is 0 Å². The molecule has 1 atom stereocenters. The molecule has 6 nitrogen and oxygen atoms in total. The Morgan fingerprint density at radius 3 is 2.78 bits per heavy atom. The quantitative estimate of drug-likeness (QED) is 0.633. The summed E-state index contributed by atoms with van der Waals surface area (Å²) in [5, 5.41) is 22.0. The summed E-state index contributed by atoms with van der Waals surface area (Å²) < 4.78 is 0. The van der Waals surface area contributed by atoms with Crippen molar-refractivity contribution in [3.8, 4) is 6.07 Å². The third-order valence-electron chi connectivity index (χ3n) is 2.52. The smallest absolute Gasteiger partial charge is 0.274 e. The fourth-order valence-corrected chi connectivity index (χ4v) is 1.48. The summed E-state index contributed by atoms with van der Waals surface area (Å²) in [5.74, 6) is -1.12. The van der Waals surface area contributed by atoms with E-state index in [1.54, 1.807) is 25.1 Å². The number of nitrogens with one attached hydrogen (secondary N) is 1. The number of carbonyl (C=O) groups excluding carboxylic acids is 1. The van der Waals surface area contributed by atoms with Crippen LogP contribution in [0.25, 0.3) is 0 Å². The maximum Gasteiger partial charge on any atom is 0.274 e. The number of amides is 1. The van der Waals surface area contributed by atoms with E-state index in [1.165, 1.54) is 6.07 Å². The summed E-state index contributed by atoms with van der Waals surface area (Å²) >= 11 is 0. The third-order valence-corrected chi connectivity index (χ3v) is 2.52. The molecule has 1 unspecified atom stereocenters. The molecule has 0 aliphatic heterocycles. The number of nitro groups is 1. The van der Waals surface area contributed by atoms with Crippen LogP contribution in [0.15, 0.2) is 24.3 Å². The Balaban J connectivity index is 2.73. The monoisotopic (exact) mass is 247 g/mol. The number of nitrogens with zero attached hydrogens (tertiary/aromatic N) is 2. The van der Waals surface area contributed by atoms with Gasteiger partial charge in [-0.25, -0.2) is 0 Å². The molecule has 0 aliphatic rings. The molecule has 0 radical (unpaired) electrons. The lowest BCUT2D eigenvalue weighted by atomic mass is 10.1. The summed E-state index contributed by atoms with van der Waals surface area (Å²) in [5.41, 5.74) is 0.381. The molecule has 6 heteroatoms. The van der Waals surface area contributed by atoms with E-state index >= 15 is 0 Å². The van der Waals surface area contributed by atoms with Crippen molar-refractivity contribution in [1.82, 2.24) is 5.32 Å². The van der Waals surface area contributed by atoms with E-state index in [2.05, 4.69) is 5.32 Å². The minimum absolute atomic E-state index is 0.0391. The topological polar surface area (TPSA) is 96.0 Å². The second-order valence-corrected chi connectivity index (χ2v) is 3.69. The molecule has 18 heavy (non-hydrogen) atoms. The van der Waals surface area contributed by atoms with Crippen LogP contribution in [-0.2, 0) is 11.3 Å². The molecule has 1 aromatic rings. The molecule has 1 rings (SSSR count). The highest BCUT2D eigenvalue weighted by molar-refractivity contribution is 5.81. The number of rotatable bonds is 5. The highest BCUT2D eigenvalue weighted by Crippen LogP contribution is 2.17. The minimum Gasteiger partial charge on any atom is -0.351 e. The number of hydrogen-bond donors (Lipinski definition) is 1. The Morgan fingerprint density at radius 2 is 2.22 bits per heavy atom. The Labute approximate surface area is 104 Å². The van der Waals surface area contributed by atoms with Crippen molar-refractivity contribution in [3.63, 3.8) is 0 Å². The molecule has 1 N–H and O–H groups in total. The summed E-state index contributed by atoms with van der Waals surface area (Å²) in [6.07, 6.45) is 0.416.